The van der Waals surface area contributed by atoms with Crippen LogP contribution in [0.2, 0.25) is 0 Å². The first kappa shape index (κ1) is 22.4. The second-order valence-corrected chi connectivity index (χ2v) is 7.87. The van der Waals surface area contributed by atoms with E-state index in [-0.39, 0.29) is 12.0 Å². The highest BCUT2D eigenvalue weighted by Crippen LogP contribution is 2.48. The molecule has 0 bridgehead atoms. The van der Waals surface area contributed by atoms with Crippen molar-refractivity contribution < 1.29 is 23.3 Å². The van der Waals surface area contributed by atoms with E-state index >= 15 is 0 Å². The van der Waals surface area contributed by atoms with Gasteiger partial charge >= 0.3 is 7.60 Å². The largest absolute Gasteiger partial charge is 0.481 e. The van der Waals surface area contributed by atoms with Crippen molar-refractivity contribution in [3.05, 3.63) is 45.6 Å². The van der Waals surface area contributed by atoms with Crippen LogP contribution in [0.15, 0.2) is 30.0 Å². The summed E-state index contributed by atoms with van der Waals surface area (Å²) in [7, 11) is -3.32. The van der Waals surface area contributed by atoms with E-state index in [1.165, 1.54) is 13.0 Å². The number of benzene rings is 1. The quantitative estimate of drug-likeness (QED) is 0.193. The molecule has 0 saturated carbocycles. The van der Waals surface area contributed by atoms with E-state index in [1.807, 2.05) is 13.8 Å². The molecule has 0 aliphatic heterocycles. The number of hydrogen-bond donors (Lipinski definition) is 0. The fraction of sp³-hybridized carbons (Fsp3) is 0.556. The number of nitrogens with zero attached hydrogens (tertiary/aromatic N) is 1. The number of ether oxygens (including phenoxy) is 1. The summed E-state index contributed by atoms with van der Waals surface area (Å²) in [4.78, 5) is 10.2. The van der Waals surface area contributed by atoms with Crippen LogP contribution in [0.5, 0.6) is 5.75 Å². The Labute approximate surface area is 155 Å². The maximum absolute atomic E-state index is 12.8. The molecule has 1 rings (SSSR count). The van der Waals surface area contributed by atoms with Crippen LogP contribution in [0, 0.1) is 10.1 Å². The van der Waals surface area contributed by atoms with Gasteiger partial charge in [0.25, 0.3) is 0 Å². The van der Waals surface area contributed by atoms with Crippen LogP contribution in [0.1, 0.15) is 52.0 Å². The van der Waals surface area contributed by atoms with Crippen molar-refractivity contribution >= 4 is 13.7 Å². The van der Waals surface area contributed by atoms with E-state index in [9.17, 15) is 14.7 Å². The molecule has 0 radical (unpaired) electrons. The van der Waals surface area contributed by atoms with Gasteiger partial charge in [-0.25, -0.2) is 0 Å². The van der Waals surface area contributed by atoms with Gasteiger partial charge in [0.15, 0.2) is 6.35 Å². The lowest BCUT2D eigenvalue weighted by molar-refractivity contribution is -0.422. The molecule has 0 heterocycles. The Bertz CT molecular complexity index is 615. The summed E-state index contributed by atoms with van der Waals surface area (Å²) in [6.45, 7) is 6.22. The van der Waals surface area contributed by atoms with Crippen molar-refractivity contribution in [1.29, 1.82) is 0 Å². The highest BCUT2D eigenvalue weighted by atomic mass is 31.2. The van der Waals surface area contributed by atoms with Crippen LogP contribution in [-0.4, -0.2) is 24.5 Å². The molecule has 0 N–H and O–H groups in total. The van der Waals surface area contributed by atoms with Gasteiger partial charge < -0.3 is 13.8 Å². The van der Waals surface area contributed by atoms with Crippen LogP contribution >= 0.6 is 7.60 Å². The molecule has 0 aromatic heterocycles. The third kappa shape index (κ3) is 8.61. The van der Waals surface area contributed by atoms with Crippen molar-refractivity contribution in [2.24, 2.45) is 0 Å². The van der Waals surface area contributed by atoms with Gasteiger partial charge in [-0.15, -0.1) is 0 Å². The van der Waals surface area contributed by atoms with Crippen LogP contribution in [0.4, 0.5) is 0 Å². The molecule has 0 aliphatic carbocycles. The minimum atomic E-state index is -3.32. The van der Waals surface area contributed by atoms with Gasteiger partial charge in [-0.05, 0) is 30.5 Å². The van der Waals surface area contributed by atoms with E-state index in [1.54, 1.807) is 24.3 Å². The number of rotatable bonds is 13. The standard InChI is InChI=1S/C18H28NO6P/c1-4-6-12-24-26(22,25-13-7-5-2)15-23-18-10-8-17(9-11-18)14-16(3)19(20)21/h8-11,14H,4-7,12-13,15H2,1-3H3/b16-14+. The first-order valence-corrected chi connectivity index (χ1v) is 10.6. The first-order chi connectivity index (χ1) is 12.4. The zero-order valence-electron chi connectivity index (χ0n) is 15.7. The summed E-state index contributed by atoms with van der Waals surface area (Å²) in [5, 5.41) is 10.7. The minimum Gasteiger partial charge on any atom is -0.481 e. The molecule has 0 amide bonds. The molecule has 8 heteroatoms. The summed E-state index contributed by atoms with van der Waals surface area (Å²) < 4.78 is 29.3. The van der Waals surface area contributed by atoms with Crippen molar-refractivity contribution in [3.63, 3.8) is 0 Å². The van der Waals surface area contributed by atoms with Crippen LogP contribution < -0.4 is 4.74 Å². The molecular weight excluding hydrogens is 357 g/mol. The number of allylic oxidation sites excluding steroid dienone is 1. The maximum Gasteiger partial charge on any atom is 0.367 e. The molecule has 1 aromatic carbocycles. The summed E-state index contributed by atoms with van der Waals surface area (Å²) >= 11 is 0. The van der Waals surface area contributed by atoms with Gasteiger partial charge in [-0.1, -0.05) is 38.8 Å². The molecule has 146 valence electrons. The van der Waals surface area contributed by atoms with E-state index < -0.39 is 12.5 Å². The lowest BCUT2D eigenvalue weighted by Crippen LogP contribution is -2.07. The smallest absolute Gasteiger partial charge is 0.367 e. The number of hydrogen-bond acceptors (Lipinski definition) is 6. The Morgan fingerprint density at radius 3 is 2.12 bits per heavy atom. The van der Waals surface area contributed by atoms with E-state index in [2.05, 4.69) is 0 Å². The topological polar surface area (TPSA) is 87.9 Å². The molecule has 0 atom stereocenters. The molecular formula is C18H28NO6P. The van der Waals surface area contributed by atoms with E-state index in [0.717, 1.165) is 25.7 Å². The maximum atomic E-state index is 12.8. The SMILES string of the molecule is CCCCOP(=O)(COc1ccc(/C=C(\C)[N+](=O)[O-])cc1)OCCCC. The Morgan fingerprint density at radius 2 is 1.65 bits per heavy atom. The predicted molar refractivity (Wildman–Crippen MR) is 102 cm³/mol. The number of nitro groups is 1. The van der Waals surface area contributed by atoms with Crippen molar-refractivity contribution in [1.82, 2.24) is 0 Å². The Kier molecular flexibility index (Phi) is 10.2. The molecule has 0 fully saturated rings. The zero-order chi connectivity index (χ0) is 19.4. The molecule has 0 saturated heterocycles. The summed E-state index contributed by atoms with van der Waals surface area (Å²) in [5.41, 5.74) is 0.741. The number of unbranched alkanes of at least 4 members (excludes halogenated alkanes) is 2. The van der Waals surface area contributed by atoms with Crippen LogP contribution in [0.3, 0.4) is 0 Å². The van der Waals surface area contributed by atoms with Crippen LogP contribution in [-0.2, 0) is 13.6 Å². The fourth-order valence-electron chi connectivity index (χ4n) is 1.92. The lowest BCUT2D eigenvalue weighted by Gasteiger charge is -2.19. The van der Waals surface area contributed by atoms with Gasteiger partial charge in [0, 0.05) is 13.0 Å². The summed E-state index contributed by atoms with van der Waals surface area (Å²) in [5.74, 6) is 0.499. The van der Waals surface area contributed by atoms with Crippen molar-refractivity contribution in [3.8, 4) is 5.75 Å². The molecule has 7 nitrogen and oxygen atoms in total. The lowest BCUT2D eigenvalue weighted by atomic mass is 10.2. The fourth-order valence-corrected chi connectivity index (χ4v) is 3.26. The highest BCUT2D eigenvalue weighted by Gasteiger charge is 2.25. The van der Waals surface area contributed by atoms with E-state index in [4.69, 9.17) is 13.8 Å². The molecule has 26 heavy (non-hydrogen) atoms. The monoisotopic (exact) mass is 385 g/mol. The minimum absolute atomic E-state index is 0.0526. The molecule has 0 unspecified atom stereocenters. The van der Waals surface area contributed by atoms with Gasteiger partial charge in [0.05, 0.1) is 18.1 Å². The molecule has 0 spiro atoms. The zero-order valence-corrected chi connectivity index (χ0v) is 16.6. The van der Waals surface area contributed by atoms with Crippen molar-refractivity contribution in [2.75, 3.05) is 19.6 Å². The van der Waals surface area contributed by atoms with Crippen LogP contribution in [0.25, 0.3) is 6.08 Å². The summed E-state index contributed by atoms with van der Waals surface area (Å²) in [6, 6.07) is 6.73. The van der Waals surface area contributed by atoms with Crippen molar-refractivity contribution in [2.45, 2.75) is 46.5 Å². The normalized spacial score (nSPS) is 12.2. The molecule has 0 aliphatic rings. The van der Waals surface area contributed by atoms with Gasteiger partial charge in [-0.3, -0.25) is 14.7 Å². The van der Waals surface area contributed by atoms with Gasteiger partial charge in [0.2, 0.25) is 5.70 Å². The summed E-state index contributed by atoms with van der Waals surface area (Å²) in [6.07, 6.45) is 4.79. The predicted octanol–water partition coefficient (Wildman–Crippen LogP) is 5.49. The second kappa shape index (κ2) is 11.8. The van der Waals surface area contributed by atoms with Gasteiger partial charge in [0.1, 0.15) is 5.75 Å². The highest BCUT2D eigenvalue weighted by molar-refractivity contribution is 7.53. The third-order valence-corrected chi connectivity index (χ3v) is 5.10. The Hall–Kier alpha value is -1.69. The first-order valence-electron chi connectivity index (χ1n) is 8.84. The second-order valence-electron chi connectivity index (χ2n) is 5.87. The molecule has 1 aromatic rings. The third-order valence-electron chi connectivity index (χ3n) is 3.50. The Morgan fingerprint density at radius 1 is 1.12 bits per heavy atom. The Balaban J connectivity index is 2.67. The average molecular weight is 385 g/mol. The average Bonchev–Trinajstić information content (AvgIpc) is 2.61. The van der Waals surface area contributed by atoms with Gasteiger partial charge in [-0.2, -0.15) is 0 Å². The van der Waals surface area contributed by atoms with E-state index in [0.29, 0.717) is 24.5 Å².